The Kier molecular flexibility index (Phi) is 3.67. The Morgan fingerprint density at radius 3 is 2.76 bits per heavy atom. The average molecular weight is 233 g/mol. The van der Waals surface area contributed by atoms with Crippen molar-refractivity contribution < 1.29 is 9.90 Å². The Morgan fingerprint density at radius 1 is 1.41 bits per heavy atom. The normalized spacial score (nSPS) is 16.1. The molecular weight excluding hydrogens is 214 g/mol. The summed E-state index contributed by atoms with van der Waals surface area (Å²) in [5.41, 5.74) is 1.36. The highest BCUT2D eigenvalue weighted by atomic mass is 16.3. The van der Waals surface area contributed by atoms with Crippen molar-refractivity contribution in [2.24, 2.45) is 5.92 Å². The predicted molar refractivity (Wildman–Crippen MR) is 67.1 cm³/mol. The van der Waals surface area contributed by atoms with Gasteiger partial charge in [0.2, 0.25) is 0 Å². The number of benzene rings is 1. The molecule has 1 aromatic carbocycles. The van der Waals surface area contributed by atoms with Gasteiger partial charge in [0.05, 0.1) is 0 Å². The monoisotopic (exact) mass is 233 g/mol. The van der Waals surface area contributed by atoms with Gasteiger partial charge in [-0.05, 0) is 49.4 Å². The molecule has 1 aromatic rings. The number of aryl methyl sites for hydroxylation is 1. The summed E-state index contributed by atoms with van der Waals surface area (Å²) in [7, 11) is 0. The van der Waals surface area contributed by atoms with Crippen molar-refractivity contribution in [1.29, 1.82) is 0 Å². The zero-order valence-corrected chi connectivity index (χ0v) is 10.2. The zero-order chi connectivity index (χ0) is 12.3. The molecular formula is C14H19NO2. The number of amides is 1. The van der Waals surface area contributed by atoms with Crippen LogP contribution < -0.4 is 5.32 Å². The fourth-order valence-electron chi connectivity index (χ4n) is 2.35. The Bertz CT molecular complexity index is 409. The highest BCUT2D eigenvalue weighted by Crippen LogP contribution is 2.24. The number of rotatable bonds is 3. The third-order valence-electron chi connectivity index (χ3n) is 3.49. The summed E-state index contributed by atoms with van der Waals surface area (Å²) >= 11 is 0. The standard InChI is InChI=1S/C14H19NO2/c1-10-8-12(6-7-13(10)16)14(17)15-9-11-4-2-3-5-11/h6-8,11,16H,2-5,9H2,1H3,(H,15,17). The first-order valence-corrected chi connectivity index (χ1v) is 6.24. The Hall–Kier alpha value is -1.51. The number of aromatic hydroxyl groups is 1. The van der Waals surface area contributed by atoms with Crippen LogP contribution in [0.3, 0.4) is 0 Å². The summed E-state index contributed by atoms with van der Waals surface area (Å²) in [6, 6.07) is 4.95. The van der Waals surface area contributed by atoms with Gasteiger partial charge in [0.15, 0.2) is 0 Å². The van der Waals surface area contributed by atoms with Gasteiger partial charge in [-0.25, -0.2) is 0 Å². The van der Waals surface area contributed by atoms with Crippen LogP contribution in [0.15, 0.2) is 18.2 Å². The third-order valence-corrected chi connectivity index (χ3v) is 3.49. The molecule has 1 amide bonds. The van der Waals surface area contributed by atoms with E-state index in [1.165, 1.54) is 25.7 Å². The second-order valence-electron chi connectivity index (χ2n) is 4.86. The lowest BCUT2D eigenvalue weighted by atomic mass is 10.1. The molecule has 0 aromatic heterocycles. The summed E-state index contributed by atoms with van der Waals surface area (Å²) in [6.45, 7) is 2.57. The van der Waals surface area contributed by atoms with Gasteiger partial charge in [0.1, 0.15) is 5.75 Å². The molecule has 0 saturated heterocycles. The van der Waals surface area contributed by atoms with Crippen LogP contribution in [-0.4, -0.2) is 17.6 Å². The minimum Gasteiger partial charge on any atom is -0.508 e. The maximum absolute atomic E-state index is 11.9. The minimum atomic E-state index is -0.0417. The zero-order valence-electron chi connectivity index (χ0n) is 10.2. The number of carbonyl (C=O) groups excluding carboxylic acids is 1. The first-order chi connectivity index (χ1) is 8.16. The number of nitrogens with one attached hydrogen (secondary N) is 1. The van der Waals surface area contributed by atoms with E-state index in [0.29, 0.717) is 11.5 Å². The smallest absolute Gasteiger partial charge is 0.251 e. The Balaban J connectivity index is 1.92. The number of phenolic OH excluding ortho intramolecular Hbond substituents is 1. The second kappa shape index (κ2) is 5.21. The second-order valence-corrected chi connectivity index (χ2v) is 4.86. The first kappa shape index (κ1) is 12.0. The number of carbonyl (C=O) groups is 1. The lowest BCUT2D eigenvalue weighted by Crippen LogP contribution is -2.28. The molecule has 2 N–H and O–H groups in total. The van der Waals surface area contributed by atoms with Crippen LogP contribution in [0.2, 0.25) is 0 Å². The lowest BCUT2D eigenvalue weighted by Gasteiger charge is -2.11. The number of phenols is 1. The summed E-state index contributed by atoms with van der Waals surface area (Å²) in [5.74, 6) is 0.842. The molecule has 17 heavy (non-hydrogen) atoms. The lowest BCUT2D eigenvalue weighted by molar-refractivity contribution is 0.0947. The van der Waals surface area contributed by atoms with Crippen molar-refractivity contribution in [1.82, 2.24) is 5.32 Å². The molecule has 92 valence electrons. The van der Waals surface area contributed by atoms with E-state index < -0.39 is 0 Å². The molecule has 2 rings (SSSR count). The van der Waals surface area contributed by atoms with Crippen LogP contribution >= 0.6 is 0 Å². The van der Waals surface area contributed by atoms with E-state index in [0.717, 1.165) is 12.1 Å². The maximum Gasteiger partial charge on any atom is 0.251 e. The van der Waals surface area contributed by atoms with Gasteiger partial charge in [0.25, 0.3) is 5.91 Å². The van der Waals surface area contributed by atoms with Crippen LogP contribution in [0.5, 0.6) is 5.75 Å². The van der Waals surface area contributed by atoms with Crippen LogP contribution in [0.4, 0.5) is 0 Å². The van der Waals surface area contributed by atoms with Gasteiger partial charge in [0, 0.05) is 12.1 Å². The van der Waals surface area contributed by atoms with E-state index in [-0.39, 0.29) is 11.7 Å². The molecule has 1 aliphatic rings. The molecule has 1 saturated carbocycles. The molecule has 1 aliphatic carbocycles. The molecule has 0 radical (unpaired) electrons. The molecule has 0 bridgehead atoms. The van der Waals surface area contributed by atoms with Crippen molar-refractivity contribution in [3.63, 3.8) is 0 Å². The molecule has 0 spiro atoms. The average Bonchev–Trinajstić information content (AvgIpc) is 2.82. The van der Waals surface area contributed by atoms with E-state index in [1.54, 1.807) is 25.1 Å². The number of hydrogen-bond acceptors (Lipinski definition) is 2. The maximum atomic E-state index is 11.9. The predicted octanol–water partition coefficient (Wildman–Crippen LogP) is 2.62. The van der Waals surface area contributed by atoms with Crippen molar-refractivity contribution in [2.75, 3.05) is 6.54 Å². The van der Waals surface area contributed by atoms with Gasteiger partial charge in [-0.15, -0.1) is 0 Å². The minimum absolute atomic E-state index is 0.0417. The van der Waals surface area contributed by atoms with Gasteiger partial charge in [-0.1, -0.05) is 12.8 Å². The largest absolute Gasteiger partial charge is 0.508 e. The van der Waals surface area contributed by atoms with Gasteiger partial charge >= 0.3 is 0 Å². The highest BCUT2D eigenvalue weighted by molar-refractivity contribution is 5.94. The van der Waals surface area contributed by atoms with E-state index in [1.807, 2.05) is 0 Å². The summed E-state index contributed by atoms with van der Waals surface area (Å²) in [4.78, 5) is 11.9. The van der Waals surface area contributed by atoms with E-state index in [2.05, 4.69) is 5.32 Å². The van der Waals surface area contributed by atoms with Gasteiger partial charge in [-0.2, -0.15) is 0 Å². The van der Waals surface area contributed by atoms with E-state index in [9.17, 15) is 9.90 Å². The van der Waals surface area contributed by atoms with Crippen molar-refractivity contribution >= 4 is 5.91 Å². The fourth-order valence-corrected chi connectivity index (χ4v) is 2.35. The van der Waals surface area contributed by atoms with Crippen LogP contribution in [0.1, 0.15) is 41.6 Å². The summed E-state index contributed by atoms with van der Waals surface area (Å²) < 4.78 is 0. The van der Waals surface area contributed by atoms with Gasteiger partial charge in [-0.3, -0.25) is 4.79 Å². The van der Waals surface area contributed by atoms with Gasteiger partial charge < -0.3 is 10.4 Å². The SMILES string of the molecule is Cc1cc(C(=O)NCC2CCCC2)ccc1O. The Labute approximate surface area is 102 Å². The Morgan fingerprint density at radius 2 is 2.12 bits per heavy atom. The quantitative estimate of drug-likeness (QED) is 0.843. The van der Waals surface area contributed by atoms with Crippen molar-refractivity contribution in [2.45, 2.75) is 32.6 Å². The molecule has 0 aliphatic heterocycles. The summed E-state index contributed by atoms with van der Waals surface area (Å²) in [5, 5.41) is 12.4. The third kappa shape index (κ3) is 2.99. The molecule has 0 heterocycles. The van der Waals surface area contributed by atoms with Crippen molar-refractivity contribution in [3.8, 4) is 5.75 Å². The fraction of sp³-hybridized carbons (Fsp3) is 0.500. The highest BCUT2D eigenvalue weighted by Gasteiger charge is 2.16. The van der Waals surface area contributed by atoms with Crippen LogP contribution in [0.25, 0.3) is 0 Å². The van der Waals surface area contributed by atoms with Crippen molar-refractivity contribution in [3.05, 3.63) is 29.3 Å². The molecule has 0 unspecified atom stereocenters. The molecule has 0 atom stereocenters. The molecule has 3 nitrogen and oxygen atoms in total. The van der Waals surface area contributed by atoms with Crippen LogP contribution in [0, 0.1) is 12.8 Å². The number of hydrogen-bond donors (Lipinski definition) is 2. The molecule has 3 heteroatoms. The first-order valence-electron chi connectivity index (χ1n) is 6.24. The van der Waals surface area contributed by atoms with E-state index in [4.69, 9.17) is 0 Å². The topological polar surface area (TPSA) is 49.3 Å². The summed E-state index contributed by atoms with van der Waals surface area (Å²) in [6.07, 6.45) is 5.04. The van der Waals surface area contributed by atoms with E-state index >= 15 is 0 Å². The molecule has 1 fully saturated rings. The van der Waals surface area contributed by atoms with Crippen LogP contribution in [-0.2, 0) is 0 Å².